The van der Waals surface area contributed by atoms with Crippen molar-refractivity contribution in [3.63, 3.8) is 0 Å². The number of anilines is 2. The molecule has 1 atom stereocenters. The maximum absolute atomic E-state index is 13.4. The molecular formula is C23H17N5O2. The molecule has 4 aromatic rings. The van der Waals surface area contributed by atoms with E-state index in [2.05, 4.69) is 10.6 Å². The summed E-state index contributed by atoms with van der Waals surface area (Å²) >= 11 is 0. The quantitative estimate of drug-likeness (QED) is 0.541. The highest BCUT2D eigenvalue weighted by Crippen LogP contribution is 2.47. The topological polar surface area (TPSA) is 81.1 Å². The lowest BCUT2D eigenvalue weighted by molar-refractivity contribution is -0.121. The second-order valence-corrected chi connectivity index (χ2v) is 7.25. The van der Waals surface area contributed by atoms with Crippen molar-refractivity contribution >= 4 is 17.3 Å². The van der Waals surface area contributed by atoms with Crippen molar-refractivity contribution in [2.45, 2.75) is 5.66 Å². The van der Waals surface area contributed by atoms with Crippen LogP contribution in [-0.4, -0.2) is 27.8 Å². The second kappa shape index (κ2) is 5.93. The number of fused-ring (bicyclic) bond motifs is 6. The van der Waals surface area contributed by atoms with E-state index in [1.807, 2.05) is 72.8 Å². The lowest BCUT2D eigenvalue weighted by atomic mass is 9.96. The van der Waals surface area contributed by atoms with E-state index in [1.54, 1.807) is 11.8 Å². The highest BCUT2D eigenvalue weighted by Gasteiger charge is 2.53. The lowest BCUT2D eigenvalue weighted by Gasteiger charge is -2.35. The van der Waals surface area contributed by atoms with Gasteiger partial charge in [0.1, 0.15) is 5.75 Å². The Morgan fingerprint density at radius 3 is 2.43 bits per heavy atom. The van der Waals surface area contributed by atoms with Crippen LogP contribution >= 0.6 is 0 Å². The maximum Gasteiger partial charge on any atom is 0.278 e. The molecule has 3 heterocycles. The third kappa shape index (κ3) is 2.06. The number of rotatable bonds is 2. The number of nitrogens with one attached hydrogen (secondary N) is 2. The smallest absolute Gasteiger partial charge is 0.278 e. The Morgan fingerprint density at radius 2 is 1.60 bits per heavy atom. The average Bonchev–Trinajstić information content (AvgIpc) is 3.35. The van der Waals surface area contributed by atoms with Gasteiger partial charge in [0.25, 0.3) is 5.91 Å². The first kappa shape index (κ1) is 16.8. The van der Waals surface area contributed by atoms with Gasteiger partial charge >= 0.3 is 0 Å². The molecule has 0 saturated carbocycles. The number of amides is 1. The van der Waals surface area contributed by atoms with E-state index in [-0.39, 0.29) is 5.91 Å². The highest BCUT2D eigenvalue weighted by molar-refractivity contribution is 6.09. The predicted octanol–water partition coefficient (Wildman–Crippen LogP) is 3.70. The lowest BCUT2D eigenvalue weighted by Crippen LogP contribution is -2.51. The van der Waals surface area contributed by atoms with Gasteiger partial charge in [0.05, 0.1) is 12.7 Å². The SMILES string of the molecule is COc1ccccc1-c1nc2n(n1)C1(Nc3ccccc3-2)C(=O)Nc2ccccc21. The van der Waals surface area contributed by atoms with Gasteiger partial charge in [-0.1, -0.05) is 42.5 Å². The Kier molecular flexibility index (Phi) is 3.32. The molecule has 7 heteroatoms. The molecule has 0 fully saturated rings. The largest absolute Gasteiger partial charge is 0.496 e. The molecule has 1 aromatic heterocycles. The number of carbonyl (C=O) groups excluding carboxylic acids is 1. The number of methoxy groups -OCH3 is 1. The third-order valence-corrected chi connectivity index (χ3v) is 5.65. The summed E-state index contributed by atoms with van der Waals surface area (Å²) in [7, 11) is 1.62. The number of ether oxygens (including phenoxy) is 1. The Labute approximate surface area is 172 Å². The van der Waals surface area contributed by atoms with Crippen LogP contribution in [0.2, 0.25) is 0 Å². The van der Waals surface area contributed by atoms with Crippen LogP contribution in [-0.2, 0) is 10.5 Å². The van der Waals surface area contributed by atoms with E-state index in [4.69, 9.17) is 14.8 Å². The van der Waals surface area contributed by atoms with E-state index in [0.29, 0.717) is 17.4 Å². The summed E-state index contributed by atoms with van der Waals surface area (Å²) in [4.78, 5) is 18.2. The first-order valence-electron chi connectivity index (χ1n) is 9.62. The van der Waals surface area contributed by atoms with Gasteiger partial charge in [-0.15, -0.1) is 5.10 Å². The van der Waals surface area contributed by atoms with Crippen LogP contribution in [0.5, 0.6) is 5.75 Å². The van der Waals surface area contributed by atoms with Gasteiger partial charge in [-0.2, -0.15) is 0 Å². The van der Waals surface area contributed by atoms with E-state index >= 15 is 0 Å². The van der Waals surface area contributed by atoms with Crippen LogP contribution in [0.4, 0.5) is 11.4 Å². The standard InChI is InChI=1S/C23H17N5O2/c1-30-19-13-7-3-9-15(19)20-25-21-14-8-2-5-11-17(14)26-23(28(21)27-20)16-10-4-6-12-18(16)24-22(23)29/h2-13,26H,1H3,(H,24,29). The van der Waals surface area contributed by atoms with Gasteiger partial charge < -0.3 is 15.4 Å². The zero-order valence-electron chi connectivity index (χ0n) is 16.1. The van der Waals surface area contributed by atoms with E-state index in [1.165, 1.54) is 0 Å². The summed E-state index contributed by atoms with van der Waals surface area (Å²) in [6, 6.07) is 23.0. The number of aromatic nitrogens is 3. The molecule has 146 valence electrons. The normalized spacial score (nSPS) is 18.2. The van der Waals surface area contributed by atoms with Crippen molar-refractivity contribution in [1.82, 2.24) is 14.8 Å². The molecule has 2 aliphatic rings. The molecule has 2 aliphatic heterocycles. The van der Waals surface area contributed by atoms with Gasteiger partial charge in [-0.3, -0.25) is 4.79 Å². The molecule has 3 aromatic carbocycles. The Hall–Kier alpha value is -4.13. The molecule has 6 rings (SSSR count). The van der Waals surface area contributed by atoms with Gasteiger partial charge in [-0.05, 0) is 30.3 Å². The zero-order valence-corrected chi connectivity index (χ0v) is 16.1. The Morgan fingerprint density at radius 1 is 0.900 bits per heavy atom. The van der Waals surface area contributed by atoms with Crippen molar-refractivity contribution in [2.24, 2.45) is 0 Å². The molecule has 2 N–H and O–H groups in total. The molecule has 0 saturated heterocycles. The monoisotopic (exact) mass is 395 g/mol. The average molecular weight is 395 g/mol. The minimum absolute atomic E-state index is 0.198. The van der Waals surface area contributed by atoms with Crippen molar-refractivity contribution < 1.29 is 9.53 Å². The molecule has 0 radical (unpaired) electrons. The summed E-state index contributed by atoms with van der Waals surface area (Å²) in [5, 5.41) is 11.2. The maximum atomic E-state index is 13.4. The molecule has 30 heavy (non-hydrogen) atoms. The van der Waals surface area contributed by atoms with Gasteiger partial charge in [0.2, 0.25) is 5.66 Å². The van der Waals surface area contributed by atoms with E-state index in [0.717, 1.165) is 28.1 Å². The minimum atomic E-state index is -1.21. The summed E-state index contributed by atoms with van der Waals surface area (Å²) < 4.78 is 7.20. The number of benzene rings is 3. The van der Waals surface area contributed by atoms with Crippen LogP contribution < -0.4 is 15.4 Å². The van der Waals surface area contributed by atoms with Crippen LogP contribution in [0, 0.1) is 0 Å². The number of hydrogen-bond donors (Lipinski definition) is 2. The molecule has 0 bridgehead atoms. The first-order chi connectivity index (χ1) is 14.7. The van der Waals surface area contributed by atoms with Crippen LogP contribution in [0.25, 0.3) is 22.8 Å². The number of nitrogens with zero attached hydrogens (tertiary/aromatic N) is 3. The van der Waals surface area contributed by atoms with Gasteiger partial charge in [-0.25, -0.2) is 9.67 Å². The van der Waals surface area contributed by atoms with Crippen molar-refractivity contribution in [3.05, 3.63) is 78.4 Å². The highest BCUT2D eigenvalue weighted by atomic mass is 16.5. The summed E-state index contributed by atoms with van der Waals surface area (Å²) in [5.41, 5.74) is 2.83. The minimum Gasteiger partial charge on any atom is -0.496 e. The third-order valence-electron chi connectivity index (χ3n) is 5.65. The molecular weight excluding hydrogens is 378 g/mol. The van der Waals surface area contributed by atoms with Gasteiger partial charge in [0.15, 0.2) is 11.6 Å². The van der Waals surface area contributed by atoms with Crippen molar-refractivity contribution in [2.75, 3.05) is 17.7 Å². The number of carbonyl (C=O) groups is 1. The molecule has 1 amide bonds. The number of hydrogen-bond acceptors (Lipinski definition) is 5. The summed E-state index contributed by atoms with van der Waals surface area (Å²) in [6.07, 6.45) is 0. The summed E-state index contributed by atoms with van der Waals surface area (Å²) in [5.74, 6) is 1.59. The molecule has 1 unspecified atom stereocenters. The van der Waals surface area contributed by atoms with Crippen LogP contribution in [0.3, 0.4) is 0 Å². The molecule has 0 aliphatic carbocycles. The summed E-state index contributed by atoms with van der Waals surface area (Å²) in [6.45, 7) is 0. The zero-order chi connectivity index (χ0) is 20.3. The fourth-order valence-corrected chi connectivity index (χ4v) is 4.28. The second-order valence-electron chi connectivity index (χ2n) is 7.25. The fourth-order valence-electron chi connectivity index (χ4n) is 4.28. The van der Waals surface area contributed by atoms with Gasteiger partial charge in [0, 0.05) is 22.5 Å². The molecule has 1 spiro atoms. The van der Waals surface area contributed by atoms with Crippen molar-refractivity contribution in [3.8, 4) is 28.5 Å². The molecule has 7 nitrogen and oxygen atoms in total. The predicted molar refractivity (Wildman–Crippen MR) is 113 cm³/mol. The van der Waals surface area contributed by atoms with E-state index in [9.17, 15) is 4.79 Å². The van der Waals surface area contributed by atoms with Crippen molar-refractivity contribution in [1.29, 1.82) is 0 Å². The fraction of sp³-hybridized carbons (Fsp3) is 0.0870. The van der Waals surface area contributed by atoms with Crippen LogP contribution in [0.15, 0.2) is 72.8 Å². The first-order valence-corrected chi connectivity index (χ1v) is 9.62. The Bertz CT molecular complexity index is 1330. The van der Waals surface area contributed by atoms with E-state index < -0.39 is 5.66 Å². The Balaban J connectivity index is 1.67. The number of para-hydroxylation sites is 3. The van der Waals surface area contributed by atoms with Crippen LogP contribution in [0.1, 0.15) is 5.56 Å².